The molecule has 0 aliphatic rings. The number of benzene rings is 1. The Morgan fingerprint density at radius 2 is 1.95 bits per heavy atom. The van der Waals surface area contributed by atoms with E-state index in [4.69, 9.17) is 4.42 Å². The van der Waals surface area contributed by atoms with E-state index < -0.39 is 0 Å². The summed E-state index contributed by atoms with van der Waals surface area (Å²) >= 11 is 2.24. The van der Waals surface area contributed by atoms with E-state index in [0.717, 1.165) is 25.7 Å². The van der Waals surface area contributed by atoms with E-state index in [1.807, 2.05) is 50.4 Å². The molecule has 0 bridgehead atoms. The molecule has 0 aliphatic heterocycles. The van der Waals surface area contributed by atoms with Crippen LogP contribution in [0.5, 0.6) is 0 Å². The summed E-state index contributed by atoms with van der Waals surface area (Å²) < 4.78 is 6.66. The van der Waals surface area contributed by atoms with Crippen molar-refractivity contribution in [2.75, 3.05) is 18.9 Å². The predicted octanol–water partition coefficient (Wildman–Crippen LogP) is 1.85. The Labute approximate surface area is 132 Å². The lowest BCUT2D eigenvalue weighted by molar-refractivity contribution is -0.886. The summed E-state index contributed by atoms with van der Waals surface area (Å²) in [6.45, 7) is 3.03. The van der Waals surface area contributed by atoms with Gasteiger partial charge in [-0.25, -0.2) is 0 Å². The van der Waals surface area contributed by atoms with E-state index in [1.54, 1.807) is 0 Å². The molecule has 1 atom stereocenters. The third-order valence-corrected chi connectivity index (χ3v) is 3.58. The van der Waals surface area contributed by atoms with E-state index in [2.05, 4.69) is 27.9 Å². The molecule has 2 N–H and O–H groups in total. The second-order valence-corrected chi connectivity index (χ2v) is 6.12. The van der Waals surface area contributed by atoms with Gasteiger partial charge in [-0.3, -0.25) is 4.79 Å². The van der Waals surface area contributed by atoms with Gasteiger partial charge < -0.3 is 14.6 Å². The van der Waals surface area contributed by atoms with Crippen molar-refractivity contribution in [3.8, 4) is 0 Å². The van der Waals surface area contributed by atoms with Crippen molar-refractivity contribution in [2.45, 2.75) is 13.5 Å². The van der Waals surface area contributed by atoms with Gasteiger partial charge in [-0.1, -0.05) is 0 Å². The van der Waals surface area contributed by atoms with Crippen molar-refractivity contribution in [1.29, 1.82) is 0 Å². The van der Waals surface area contributed by atoms with Crippen molar-refractivity contribution in [1.82, 2.24) is 0 Å². The van der Waals surface area contributed by atoms with Crippen LogP contribution in [0.4, 0.5) is 5.69 Å². The first-order chi connectivity index (χ1) is 9.52. The van der Waals surface area contributed by atoms with Crippen LogP contribution < -0.4 is 10.2 Å². The second-order valence-electron chi connectivity index (χ2n) is 4.88. The fraction of sp³-hybridized carbons (Fsp3) is 0.267. The van der Waals surface area contributed by atoms with Crippen LogP contribution in [-0.4, -0.2) is 19.5 Å². The molecule has 4 nitrogen and oxygen atoms in total. The maximum absolute atomic E-state index is 11.9. The zero-order valence-electron chi connectivity index (χ0n) is 11.6. The number of amides is 1. The number of anilines is 1. The number of quaternary nitrogens is 1. The van der Waals surface area contributed by atoms with Gasteiger partial charge in [0.2, 0.25) is 0 Å². The highest BCUT2D eigenvalue weighted by atomic mass is 127. The van der Waals surface area contributed by atoms with Crippen molar-refractivity contribution >= 4 is 34.2 Å². The minimum absolute atomic E-state index is 0.00647. The standard InChI is InChI=1S/C15H17IN2O2/c1-11-3-8-14(20-11)9-18(2)10-15(19)17-13-6-4-12(16)5-7-13/h3-8H,9-10H2,1-2H3,(H,17,19)/p+1. The van der Waals surface area contributed by atoms with Crippen molar-refractivity contribution in [2.24, 2.45) is 0 Å². The average molecular weight is 385 g/mol. The van der Waals surface area contributed by atoms with Crippen LogP contribution in [0.1, 0.15) is 11.5 Å². The lowest BCUT2D eigenvalue weighted by atomic mass is 10.3. The molecule has 2 aromatic rings. The highest BCUT2D eigenvalue weighted by Gasteiger charge is 2.12. The van der Waals surface area contributed by atoms with Gasteiger partial charge in [0.15, 0.2) is 12.3 Å². The van der Waals surface area contributed by atoms with Crippen LogP contribution in [0.3, 0.4) is 0 Å². The Kier molecular flexibility index (Phi) is 5.19. The van der Waals surface area contributed by atoms with Crippen LogP contribution >= 0.6 is 22.6 Å². The molecule has 106 valence electrons. The molecular formula is C15H18IN2O2+. The normalized spacial score (nSPS) is 12.2. The molecule has 0 radical (unpaired) electrons. The molecular weight excluding hydrogens is 367 g/mol. The molecule has 0 aliphatic carbocycles. The highest BCUT2D eigenvalue weighted by molar-refractivity contribution is 14.1. The molecule has 20 heavy (non-hydrogen) atoms. The summed E-state index contributed by atoms with van der Waals surface area (Å²) in [6, 6.07) is 11.6. The molecule has 1 heterocycles. The number of carbonyl (C=O) groups is 1. The average Bonchev–Trinajstić information content (AvgIpc) is 2.77. The fourth-order valence-corrected chi connectivity index (χ4v) is 2.31. The van der Waals surface area contributed by atoms with E-state index in [-0.39, 0.29) is 5.91 Å². The van der Waals surface area contributed by atoms with E-state index in [9.17, 15) is 4.79 Å². The molecule has 1 aromatic carbocycles. The first-order valence-corrected chi connectivity index (χ1v) is 7.53. The van der Waals surface area contributed by atoms with Crippen molar-refractivity contribution < 1.29 is 14.1 Å². The number of carbonyl (C=O) groups excluding carboxylic acids is 1. The molecule has 5 heteroatoms. The summed E-state index contributed by atoms with van der Waals surface area (Å²) in [5.41, 5.74) is 0.831. The van der Waals surface area contributed by atoms with E-state index >= 15 is 0 Å². The highest BCUT2D eigenvalue weighted by Crippen LogP contribution is 2.10. The van der Waals surface area contributed by atoms with Crippen LogP contribution in [0.15, 0.2) is 40.8 Å². The van der Waals surface area contributed by atoms with Gasteiger partial charge in [0.05, 0.1) is 7.05 Å². The lowest BCUT2D eigenvalue weighted by Gasteiger charge is -2.12. The number of hydrogen-bond acceptors (Lipinski definition) is 2. The zero-order valence-corrected chi connectivity index (χ0v) is 13.7. The smallest absolute Gasteiger partial charge is 0.279 e. The predicted molar refractivity (Wildman–Crippen MR) is 86.7 cm³/mol. The molecule has 2 rings (SSSR count). The summed E-state index contributed by atoms with van der Waals surface area (Å²) in [6.07, 6.45) is 0. The third-order valence-electron chi connectivity index (χ3n) is 2.86. The number of halogens is 1. The summed E-state index contributed by atoms with van der Waals surface area (Å²) in [5.74, 6) is 1.81. The second kappa shape index (κ2) is 6.90. The van der Waals surface area contributed by atoms with Crippen LogP contribution in [-0.2, 0) is 11.3 Å². The number of rotatable bonds is 5. The molecule has 1 amide bonds. The monoisotopic (exact) mass is 385 g/mol. The lowest BCUT2D eigenvalue weighted by Crippen LogP contribution is -3.08. The number of aryl methyl sites for hydroxylation is 1. The molecule has 0 spiro atoms. The maximum atomic E-state index is 11.9. The minimum atomic E-state index is 0.00647. The maximum Gasteiger partial charge on any atom is 0.279 e. The molecule has 0 fully saturated rings. The van der Waals surface area contributed by atoms with Gasteiger partial charge in [0.1, 0.15) is 12.3 Å². The van der Waals surface area contributed by atoms with Crippen molar-refractivity contribution in [3.63, 3.8) is 0 Å². The Hall–Kier alpha value is -1.34. The first-order valence-electron chi connectivity index (χ1n) is 6.45. The summed E-state index contributed by atoms with van der Waals surface area (Å²) in [4.78, 5) is 13.0. The van der Waals surface area contributed by atoms with Gasteiger partial charge in [0.25, 0.3) is 5.91 Å². The van der Waals surface area contributed by atoms with E-state index in [0.29, 0.717) is 13.1 Å². The first kappa shape index (κ1) is 15.1. The zero-order chi connectivity index (χ0) is 14.5. The number of furan rings is 1. The van der Waals surface area contributed by atoms with Crippen molar-refractivity contribution in [3.05, 3.63) is 51.5 Å². The molecule has 0 saturated heterocycles. The quantitative estimate of drug-likeness (QED) is 0.772. The Bertz CT molecular complexity index is 578. The van der Waals surface area contributed by atoms with E-state index in [1.165, 1.54) is 0 Å². The number of nitrogens with one attached hydrogen (secondary N) is 2. The van der Waals surface area contributed by atoms with Gasteiger partial charge in [-0.15, -0.1) is 0 Å². The number of likely N-dealkylation sites (N-methyl/N-ethyl adjacent to an activating group) is 1. The molecule has 1 unspecified atom stereocenters. The van der Waals surface area contributed by atoms with Gasteiger partial charge >= 0.3 is 0 Å². The Balaban J connectivity index is 1.83. The van der Waals surface area contributed by atoms with Gasteiger partial charge in [0, 0.05) is 9.26 Å². The van der Waals surface area contributed by atoms with Crippen LogP contribution in [0.2, 0.25) is 0 Å². The summed E-state index contributed by atoms with van der Waals surface area (Å²) in [5, 5.41) is 2.90. The van der Waals surface area contributed by atoms with Gasteiger partial charge in [-0.05, 0) is 65.9 Å². The van der Waals surface area contributed by atoms with Crippen LogP contribution in [0, 0.1) is 10.5 Å². The summed E-state index contributed by atoms with van der Waals surface area (Å²) in [7, 11) is 1.98. The SMILES string of the molecule is Cc1ccc(C[NH+](C)CC(=O)Nc2ccc(I)cc2)o1. The molecule has 1 aromatic heterocycles. The molecule has 0 saturated carbocycles. The Morgan fingerprint density at radius 3 is 2.55 bits per heavy atom. The number of hydrogen-bond donors (Lipinski definition) is 2. The van der Waals surface area contributed by atoms with Crippen LogP contribution in [0.25, 0.3) is 0 Å². The topological polar surface area (TPSA) is 46.7 Å². The third kappa shape index (κ3) is 4.64. The largest absolute Gasteiger partial charge is 0.460 e. The Morgan fingerprint density at radius 1 is 1.25 bits per heavy atom. The minimum Gasteiger partial charge on any atom is -0.460 e. The fourth-order valence-electron chi connectivity index (χ4n) is 1.95. The van der Waals surface area contributed by atoms with Gasteiger partial charge in [-0.2, -0.15) is 0 Å².